The lowest BCUT2D eigenvalue weighted by atomic mass is 10.2. The Morgan fingerprint density at radius 3 is 2.63 bits per heavy atom. The Morgan fingerprint density at radius 2 is 2.05 bits per heavy atom. The monoisotopic (exact) mass is 282 g/mol. The van der Waals surface area contributed by atoms with Gasteiger partial charge in [0, 0.05) is 12.6 Å². The molecule has 1 aliphatic carbocycles. The van der Waals surface area contributed by atoms with Crippen molar-refractivity contribution < 1.29 is 8.78 Å². The van der Waals surface area contributed by atoms with Crippen molar-refractivity contribution in [2.75, 3.05) is 0 Å². The summed E-state index contributed by atoms with van der Waals surface area (Å²) in [6.07, 6.45) is 3.58. The Labute approximate surface area is 113 Å². The van der Waals surface area contributed by atoms with E-state index in [1.807, 2.05) is 0 Å². The van der Waals surface area contributed by atoms with E-state index in [1.54, 1.807) is 0 Å². The van der Waals surface area contributed by atoms with Crippen LogP contribution >= 0.6 is 11.8 Å². The largest absolute Gasteiger partial charge is 0.310 e. The highest BCUT2D eigenvalue weighted by Gasteiger charge is 2.21. The van der Waals surface area contributed by atoms with Crippen molar-refractivity contribution in [2.45, 2.75) is 35.5 Å². The van der Waals surface area contributed by atoms with E-state index in [9.17, 15) is 8.78 Å². The number of halogens is 2. The third-order valence-electron chi connectivity index (χ3n) is 2.82. The van der Waals surface area contributed by atoms with Gasteiger partial charge in [0.05, 0.1) is 4.90 Å². The Kier molecular flexibility index (Phi) is 3.48. The van der Waals surface area contributed by atoms with Gasteiger partial charge >= 0.3 is 0 Å². The summed E-state index contributed by atoms with van der Waals surface area (Å²) >= 11 is 0.893. The number of nitrogens with one attached hydrogen (secondary N) is 2. The molecule has 19 heavy (non-hydrogen) atoms. The highest BCUT2D eigenvalue weighted by atomic mass is 32.2. The standard InChI is InChI=1S/C12H12F2N4S/c13-9-3-7(5-15-8-1-2-8)4-10(14)11(9)19-12-16-6-17-18-12/h3-4,6,8,15H,1-2,5H2,(H,16,17,18). The summed E-state index contributed by atoms with van der Waals surface area (Å²) in [5.41, 5.74) is 0.615. The van der Waals surface area contributed by atoms with Crippen molar-refractivity contribution in [3.63, 3.8) is 0 Å². The Morgan fingerprint density at radius 1 is 1.32 bits per heavy atom. The first-order valence-electron chi connectivity index (χ1n) is 5.97. The van der Waals surface area contributed by atoms with Gasteiger partial charge < -0.3 is 5.32 Å². The summed E-state index contributed by atoms with van der Waals surface area (Å²) in [5.74, 6) is -1.15. The fourth-order valence-corrected chi connectivity index (χ4v) is 2.41. The molecule has 2 N–H and O–H groups in total. The van der Waals surface area contributed by atoms with E-state index in [1.165, 1.54) is 18.5 Å². The first-order valence-corrected chi connectivity index (χ1v) is 6.78. The van der Waals surface area contributed by atoms with Crippen LogP contribution in [0.3, 0.4) is 0 Å². The Bertz CT molecular complexity index is 546. The van der Waals surface area contributed by atoms with E-state index in [0.29, 0.717) is 23.3 Å². The van der Waals surface area contributed by atoms with E-state index in [2.05, 4.69) is 20.5 Å². The zero-order valence-corrected chi connectivity index (χ0v) is 10.8. The molecule has 2 aromatic rings. The number of hydrogen-bond acceptors (Lipinski definition) is 4. The SMILES string of the molecule is Fc1cc(CNC2CC2)cc(F)c1Sc1ncn[nH]1. The lowest BCUT2D eigenvalue weighted by molar-refractivity contribution is 0.533. The van der Waals surface area contributed by atoms with E-state index in [0.717, 1.165) is 24.6 Å². The molecular formula is C12H12F2N4S. The maximum Gasteiger partial charge on any atom is 0.188 e. The van der Waals surface area contributed by atoms with Gasteiger partial charge in [-0.25, -0.2) is 13.8 Å². The molecule has 1 aromatic carbocycles. The number of nitrogens with zero attached hydrogens (tertiary/aromatic N) is 2. The van der Waals surface area contributed by atoms with E-state index >= 15 is 0 Å². The highest BCUT2D eigenvalue weighted by Crippen LogP contribution is 2.30. The van der Waals surface area contributed by atoms with Crippen molar-refractivity contribution >= 4 is 11.8 Å². The molecule has 1 saturated carbocycles. The van der Waals surface area contributed by atoms with Crippen molar-refractivity contribution in [3.8, 4) is 0 Å². The molecule has 1 fully saturated rings. The average molecular weight is 282 g/mol. The summed E-state index contributed by atoms with van der Waals surface area (Å²) in [6, 6.07) is 3.23. The molecule has 1 heterocycles. The second kappa shape index (κ2) is 5.26. The number of rotatable bonds is 5. The molecule has 1 aromatic heterocycles. The van der Waals surface area contributed by atoms with Crippen LogP contribution in [0.25, 0.3) is 0 Å². The molecule has 1 aliphatic rings. The Balaban J connectivity index is 1.76. The third kappa shape index (κ3) is 3.10. The van der Waals surface area contributed by atoms with Gasteiger partial charge in [-0.15, -0.1) is 0 Å². The van der Waals surface area contributed by atoms with Crippen LogP contribution in [-0.4, -0.2) is 21.2 Å². The molecule has 0 atom stereocenters. The van der Waals surface area contributed by atoms with Crippen LogP contribution in [0.1, 0.15) is 18.4 Å². The van der Waals surface area contributed by atoms with Gasteiger partial charge in [0.1, 0.15) is 18.0 Å². The Hall–Kier alpha value is -1.47. The molecule has 100 valence electrons. The predicted octanol–water partition coefficient (Wildman–Crippen LogP) is 2.49. The smallest absolute Gasteiger partial charge is 0.188 e. The van der Waals surface area contributed by atoms with Crippen molar-refractivity contribution in [1.82, 2.24) is 20.5 Å². The number of benzene rings is 1. The van der Waals surface area contributed by atoms with Gasteiger partial charge in [-0.05, 0) is 42.3 Å². The minimum atomic E-state index is -0.575. The van der Waals surface area contributed by atoms with E-state index < -0.39 is 11.6 Å². The number of aromatic nitrogens is 3. The second-order valence-corrected chi connectivity index (χ2v) is 5.44. The van der Waals surface area contributed by atoms with Crippen molar-refractivity contribution in [1.29, 1.82) is 0 Å². The van der Waals surface area contributed by atoms with Gasteiger partial charge in [0.25, 0.3) is 0 Å². The molecular weight excluding hydrogens is 270 g/mol. The molecule has 0 amide bonds. The number of aromatic amines is 1. The highest BCUT2D eigenvalue weighted by molar-refractivity contribution is 7.99. The van der Waals surface area contributed by atoms with Crippen molar-refractivity contribution in [3.05, 3.63) is 35.7 Å². The van der Waals surface area contributed by atoms with Crippen LogP contribution in [0.4, 0.5) is 8.78 Å². The molecule has 0 radical (unpaired) electrons. The number of H-pyrrole nitrogens is 1. The molecule has 7 heteroatoms. The zero-order valence-electron chi connectivity index (χ0n) is 9.99. The molecule has 0 bridgehead atoms. The van der Waals surface area contributed by atoms with E-state index in [-0.39, 0.29) is 4.90 Å². The average Bonchev–Trinajstić information content (AvgIpc) is 3.07. The van der Waals surface area contributed by atoms with Gasteiger partial charge in [-0.2, -0.15) is 5.10 Å². The van der Waals surface area contributed by atoms with Gasteiger partial charge in [0.15, 0.2) is 5.16 Å². The van der Waals surface area contributed by atoms with E-state index in [4.69, 9.17) is 0 Å². The van der Waals surface area contributed by atoms with Crippen LogP contribution in [0.2, 0.25) is 0 Å². The third-order valence-corrected chi connectivity index (χ3v) is 3.81. The van der Waals surface area contributed by atoms with Crippen LogP contribution in [0.15, 0.2) is 28.5 Å². The quantitative estimate of drug-likeness (QED) is 0.884. The number of hydrogen-bond donors (Lipinski definition) is 2. The maximum absolute atomic E-state index is 13.9. The van der Waals surface area contributed by atoms with Crippen LogP contribution in [-0.2, 0) is 6.54 Å². The van der Waals surface area contributed by atoms with Gasteiger partial charge in [-0.1, -0.05) is 0 Å². The summed E-state index contributed by atoms with van der Waals surface area (Å²) in [7, 11) is 0. The zero-order chi connectivity index (χ0) is 13.2. The first kappa shape index (κ1) is 12.6. The topological polar surface area (TPSA) is 53.6 Å². The van der Waals surface area contributed by atoms with Gasteiger partial charge in [-0.3, -0.25) is 5.10 Å². The van der Waals surface area contributed by atoms with Crippen LogP contribution in [0, 0.1) is 11.6 Å². The molecule has 0 saturated heterocycles. The van der Waals surface area contributed by atoms with Crippen LogP contribution < -0.4 is 5.32 Å². The lowest BCUT2D eigenvalue weighted by Crippen LogP contribution is -2.15. The molecule has 3 rings (SSSR count). The fourth-order valence-electron chi connectivity index (χ4n) is 1.70. The second-order valence-electron chi connectivity index (χ2n) is 4.44. The summed E-state index contributed by atoms with van der Waals surface area (Å²) < 4.78 is 27.8. The lowest BCUT2D eigenvalue weighted by Gasteiger charge is -2.07. The predicted molar refractivity (Wildman–Crippen MR) is 66.7 cm³/mol. The first-order chi connectivity index (χ1) is 9.22. The molecule has 0 unspecified atom stereocenters. The maximum atomic E-state index is 13.9. The van der Waals surface area contributed by atoms with Gasteiger partial charge in [0.2, 0.25) is 0 Å². The molecule has 0 aliphatic heterocycles. The molecule has 4 nitrogen and oxygen atoms in total. The minimum Gasteiger partial charge on any atom is -0.310 e. The fraction of sp³-hybridized carbons (Fsp3) is 0.333. The molecule has 0 spiro atoms. The summed E-state index contributed by atoms with van der Waals surface area (Å²) in [4.78, 5) is 3.77. The van der Waals surface area contributed by atoms with Crippen molar-refractivity contribution in [2.24, 2.45) is 0 Å². The van der Waals surface area contributed by atoms with Crippen LogP contribution in [0.5, 0.6) is 0 Å². The normalized spacial score (nSPS) is 14.8. The summed E-state index contributed by atoms with van der Waals surface area (Å²) in [5, 5.41) is 9.78. The minimum absolute atomic E-state index is 0.0630. The summed E-state index contributed by atoms with van der Waals surface area (Å²) in [6.45, 7) is 0.492.